The first-order valence-corrected chi connectivity index (χ1v) is 8.02. The normalized spacial score (nSPS) is 24.0. The van der Waals surface area contributed by atoms with E-state index in [0.29, 0.717) is 6.42 Å². The van der Waals surface area contributed by atoms with E-state index in [2.05, 4.69) is 36.1 Å². The molecule has 21 heavy (non-hydrogen) atoms. The number of hydrogen-bond donors (Lipinski definition) is 1. The Morgan fingerprint density at radius 3 is 2.57 bits per heavy atom. The van der Waals surface area contributed by atoms with Crippen LogP contribution in [0, 0.1) is 0 Å². The zero-order valence-electron chi connectivity index (χ0n) is 13.5. The minimum absolute atomic E-state index is 0.137. The highest BCUT2D eigenvalue weighted by molar-refractivity contribution is 4.87. The summed E-state index contributed by atoms with van der Waals surface area (Å²) in [7, 11) is 4.19. The van der Waals surface area contributed by atoms with Crippen LogP contribution < -0.4 is 5.32 Å². The quantitative estimate of drug-likeness (QED) is 0.780. The number of halogens is 3. The Morgan fingerprint density at radius 2 is 1.95 bits per heavy atom. The molecule has 1 rings (SSSR count). The van der Waals surface area contributed by atoms with Crippen LogP contribution in [0.5, 0.6) is 0 Å². The fourth-order valence-electron chi connectivity index (χ4n) is 3.02. The van der Waals surface area contributed by atoms with Crippen LogP contribution >= 0.6 is 0 Å². The summed E-state index contributed by atoms with van der Waals surface area (Å²) in [5, 5.41) is 3.47. The second-order valence-corrected chi connectivity index (χ2v) is 6.23. The Morgan fingerprint density at radius 1 is 1.24 bits per heavy atom. The van der Waals surface area contributed by atoms with E-state index in [9.17, 15) is 13.2 Å². The van der Waals surface area contributed by atoms with Crippen molar-refractivity contribution in [3.05, 3.63) is 0 Å². The number of nitrogens with zero attached hydrogens (tertiary/aromatic N) is 2. The second kappa shape index (κ2) is 8.96. The minimum Gasteiger partial charge on any atom is -0.312 e. The van der Waals surface area contributed by atoms with Crippen LogP contribution in [0.3, 0.4) is 0 Å². The minimum atomic E-state index is -4.04. The van der Waals surface area contributed by atoms with Gasteiger partial charge in [0.25, 0.3) is 0 Å². The molecule has 0 amide bonds. The van der Waals surface area contributed by atoms with Crippen molar-refractivity contribution in [3.63, 3.8) is 0 Å². The summed E-state index contributed by atoms with van der Waals surface area (Å²) in [5.74, 6) is 0. The number of likely N-dealkylation sites (N-methyl/N-ethyl adjacent to an activating group) is 2. The number of nitrogens with one attached hydrogen (secondary N) is 1. The maximum absolute atomic E-state index is 12.4. The van der Waals surface area contributed by atoms with Gasteiger partial charge in [-0.15, -0.1) is 0 Å². The third-order valence-corrected chi connectivity index (χ3v) is 4.21. The van der Waals surface area contributed by atoms with Crippen LogP contribution in [-0.2, 0) is 0 Å². The van der Waals surface area contributed by atoms with Crippen LogP contribution in [0.2, 0.25) is 0 Å². The maximum atomic E-state index is 12.4. The Hall–Kier alpha value is -0.330. The lowest BCUT2D eigenvalue weighted by molar-refractivity contribution is -0.136. The summed E-state index contributed by atoms with van der Waals surface area (Å²) in [6.07, 6.45) is -1.80. The van der Waals surface area contributed by atoms with E-state index in [-0.39, 0.29) is 18.5 Å². The molecule has 6 heteroatoms. The first-order valence-electron chi connectivity index (χ1n) is 8.02. The van der Waals surface area contributed by atoms with Gasteiger partial charge in [0.1, 0.15) is 0 Å². The number of hydrogen-bond acceptors (Lipinski definition) is 3. The molecular weight excluding hydrogens is 279 g/mol. The Kier molecular flexibility index (Phi) is 7.98. The number of alkyl halides is 3. The predicted octanol–water partition coefficient (Wildman–Crippen LogP) is 2.72. The summed E-state index contributed by atoms with van der Waals surface area (Å²) in [6.45, 7) is 5.94. The molecule has 0 radical (unpaired) electrons. The van der Waals surface area contributed by atoms with Crippen molar-refractivity contribution in [1.82, 2.24) is 15.1 Å². The van der Waals surface area contributed by atoms with Gasteiger partial charge in [0, 0.05) is 25.0 Å². The molecule has 2 atom stereocenters. The average Bonchev–Trinajstić information content (AvgIpc) is 2.54. The second-order valence-electron chi connectivity index (χ2n) is 6.23. The van der Waals surface area contributed by atoms with Gasteiger partial charge in [-0.05, 0) is 59.4 Å². The summed E-state index contributed by atoms with van der Waals surface area (Å²) in [4.78, 5) is 4.60. The third kappa shape index (κ3) is 7.47. The van der Waals surface area contributed by atoms with Gasteiger partial charge in [-0.3, -0.25) is 0 Å². The van der Waals surface area contributed by atoms with E-state index in [4.69, 9.17) is 0 Å². The lowest BCUT2D eigenvalue weighted by Gasteiger charge is -2.35. The van der Waals surface area contributed by atoms with Crippen molar-refractivity contribution in [3.8, 4) is 0 Å². The lowest BCUT2D eigenvalue weighted by atomic mass is 9.99. The molecule has 3 nitrogen and oxygen atoms in total. The van der Waals surface area contributed by atoms with Gasteiger partial charge >= 0.3 is 6.18 Å². The Balaban J connectivity index is 2.60. The molecule has 1 fully saturated rings. The van der Waals surface area contributed by atoms with Gasteiger partial charge in [0.15, 0.2) is 0 Å². The molecule has 0 aromatic heterocycles. The molecule has 126 valence electrons. The molecule has 1 N–H and O–H groups in total. The zero-order valence-corrected chi connectivity index (χ0v) is 13.5. The Bertz CT molecular complexity index is 284. The van der Waals surface area contributed by atoms with Gasteiger partial charge < -0.3 is 15.1 Å². The molecule has 1 aliphatic rings. The summed E-state index contributed by atoms with van der Waals surface area (Å²) in [5.41, 5.74) is 0. The van der Waals surface area contributed by atoms with Crippen molar-refractivity contribution < 1.29 is 13.2 Å². The summed E-state index contributed by atoms with van der Waals surface area (Å²) >= 11 is 0. The highest BCUT2D eigenvalue weighted by Gasteiger charge is 2.30. The molecule has 0 aliphatic carbocycles. The molecule has 1 saturated heterocycles. The van der Waals surface area contributed by atoms with Gasteiger partial charge in [-0.2, -0.15) is 13.2 Å². The van der Waals surface area contributed by atoms with Crippen molar-refractivity contribution >= 4 is 0 Å². The predicted molar refractivity (Wildman–Crippen MR) is 80.5 cm³/mol. The van der Waals surface area contributed by atoms with E-state index in [1.54, 1.807) is 0 Å². The molecule has 0 aromatic rings. The van der Waals surface area contributed by atoms with Crippen LogP contribution in [0.15, 0.2) is 0 Å². The van der Waals surface area contributed by atoms with E-state index >= 15 is 0 Å². The molecule has 0 aromatic carbocycles. The zero-order chi connectivity index (χ0) is 15.9. The van der Waals surface area contributed by atoms with Crippen molar-refractivity contribution in [2.24, 2.45) is 0 Å². The molecule has 0 spiro atoms. The maximum Gasteiger partial charge on any atom is 0.389 e. The molecule has 1 aliphatic heterocycles. The van der Waals surface area contributed by atoms with E-state index in [1.807, 2.05) is 0 Å². The fraction of sp³-hybridized carbons (Fsp3) is 1.00. The summed E-state index contributed by atoms with van der Waals surface area (Å²) in [6, 6.07) is 0.426. The molecule has 2 unspecified atom stereocenters. The van der Waals surface area contributed by atoms with Crippen LogP contribution in [0.25, 0.3) is 0 Å². The molecule has 0 saturated carbocycles. The first kappa shape index (κ1) is 18.7. The third-order valence-electron chi connectivity index (χ3n) is 4.21. The lowest BCUT2D eigenvalue weighted by Crippen LogP contribution is -2.52. The fourth-order valence-corrected chi connectivity index (χ4v) is 3.02. The van der Waals surface area contributed by atoms with Gasteiger partial charge in [-0.1, -0.05) is 6.92 Å². The highest BCUT2D eigenvalue weighted by Crippen LogP contribution is 2.24. The summed E-state index contributed by atoms with van der Waals surface area (Å²) < 4.78 is 37.1. The van der Waals surface area contributed by atoms with E-state index in [1.165, 1.54) is 0 Å². The topological polar surface area (TPSA) is 18.5 Å². The van der Waals surface area contributed by atoms with Gasteiger partial charge in [0.2, 0.25) is 0 Å². The molecule has 0 bridgehead atoms. The van der Waals surface area contributed by atoms with Crippen molar-refractivity contribution in [1.29, 1.82) is 0 Å². The van der Waals surface area contributed by atoms with Crippen molar-refractivity contribution in [2.75, 3.05) is 40.3 Å². The average molecular weight is 309 g/mol. The largest absolute Gasteiger partial charge is 0.389 e. The Labute approximate surface area is 126 Å². The first-order chi connectivity index (χ1) is 9.83. The standard InChI is InChI=1S/C15H30F3N3/c1-4-9-19-13(7-5-8-15(16,17)18)14-12-20(2)10-6-11-21(14)3/h13-14,19H,4-12H2,1-3H3. The van der Waals surface area contributed by atoms with Crippen molar-refractivity contribution in [2.45, 2.75) is 57.3 Å². The highest BCUT2D eigenvalue weighted by atomic mass is 19.4. The number of rotatable bonds is 7. The SMILES string of the molecule is CCCNC(CCCC(F)(F)F)C1CN(C)CCCN1C. The van der Waals surface area contributed by atoms with Crippen LogP contribution in [-0.4, -0.2) is 68.3 Å². The smallest absolute Gasteiger partial charge is 0.312 e. The van der Waals surface area contributed by atoms with E-state index in [0.717, 1.165) is 39.0 Å². The van der Waals surface area contributed by atoms with E-state index < -0.39 is 12.6 Å². The van der Waals surface area contributed by atoms with Gasteiger partial charge in [0.05, 0.1) is 0 Å². The van der Waals surface area contributed by atoms with Crippen LogP contribution in [0.4, 0.5) is 13.2 Å². The molecular formula is C15H30F3N3. The van der Waals surface area contributed by atoms with Crippen LogP contribution in [0.1, 0.15) is 39.0 Å². The monoisotopic (exact) mass is 309 g/mol. The van der Waals surface area contributed by atoms with Gasteiger partial charge in [-0.25, -0.2) is 0 Å². The molecule has 1 heterocycles.